The van der Waals surface area contributed by atoms with Crippen LogP contribution in [0.3, 0.4) is 0 Å². The van der Waals surface area contributed by atoms with E-state index in [-0.39, 0.29) is 11.7 Å². The van der Waals surface area contributed by atoms with Crippen molar-refractivity contribution in [2.45, 2.75) is 36.8 Å². The molecule has 2 aromatic carbocycles. The molecule has 2 aromatic heterocycles. The molecule has 4 aromatic rings. The Labute approximate surface area is 201 Å². The Morgan fingerprint density at radius 3 is 2.39 bits per heavy atom. The van der Waals surface area contributed by atoms with Crippen molar-refractivity contribution in [2.24, 2.45) is 0 Å². The number of aromatic nitrogens is 5. The van der Waals surface area contributed by atoms with Crippen molar-refractivity contribution in [3.63, 3.8) is 0 Å². The number of nitrogens with one attached hydrogen (secondary N) is 1. The number of amides is 1. The van der Waals surface area contributed by atoms with Crippen LogP contribution in [0.1, 0.15) is 22.8 Å². The molecule has 0 aliphatic rings. The van der Waals surface area contributed by atoms with Gasteiger partial charge in [0.1, 0.15) is 5.82 Å². The highest BCUT2D eigenvalue weighted by Gasteiger charge is 2.17. The first-order valence-electron chi connectivity index (χ1n) is 10.4. The first-order chi connectivity index (χ1) is 16.0. The van der Waals surface area contributed by atoms with Crippen LogP contribution < -0.4 is 5.32 Å². The molecular weight excluding hydrogens is 452 g/mol. The summed E-state index contributed by atoms with van der Waals surface area (Å²) in [5.74, 6) is 1.47. The molecular formula is C24H24N6OS2. The lowest BCUT2D eigenvalue weighted by molar-refractivity contribution is -0.113. The van der Waals surface area contributed by atoms with Crippen LogP contribution in [0.2, 0.25) is 0 Å². The predicted molar refractivity (Wildman–Crippen MR) is 133 cm³/mol. The standard InChI is InChI=1S/C24H24N6OS2/c1-16-8-7-9-19(12-16)27-22(31)15-33-24-29-28-21(30(24)20-10-5-4-6-11-20)14-32-23-25-17(2)13-18(3)26-23/h4-13H,14-15H2,1-3H3,(H,27,31). The average Bonchev–Trinajstić information content (AvgIpc) is 3.19. The molecule has 0 atom stereocenters. The van der Waals surface area contributed by atoms with Crippen LogP contribution in [0, 0.1) is 20.8 Å². The zero-order chi connectivity index (χ0) is 23.2. The molecule has 0 unspecified atom stereocenters. The van der Waals surface area contributed by atoms with Crippen LogP contribution in [-0.4, -0.2) is 36.4 Å². The second-order valence-corrected chi connectivity index (χ2v) is 9.38. The third kappa shape index (κ3) is 6.21. The van der Waals surface area contributed by atoms with Crippen molar-refractivity contribution >= 4 is 35.1 Å². The number of thioether (sulfide) groups is 2. The molecule has 2 heterocycles. The van der Waals surface area contributed by atoms with Crippen LogP contribution in [0.5, 0.6) is 0 Å². The highest BCUT2D eigenvalue weighted by Crippen LogP contribution is 2.26. The van der Waals surface area contributed by atoms with Gasteiger partial charge in [0.15, 0.2) is 10.3 Å². The summed E-state index contributed by atoms with van der Waals surface area (Å²) >= 11 is 2.88. The summed E-state index contributed by atoms with van der Waals surface area (Å²) in [5.41, 5.74) is 4.70. The van der Waals surface area contributed by atoms with E-state index in [1.165, 1.54) is 23.5 Å². The van der Waals surface area contributed by atoms with Gasteiger partial charge < -0.3 is 5.32 Å². The molecule has 0 spiro atoms. The Hall–Kier alpha value is -3.17. The van der Waals surface area contributed by atoms with Gasteiger partial charge in [-0.2, -0.15) is 0 Å². The molecule has 0 radical (unpaired) electrons. The van der Waals surface area contributed by atoms with E-state index in [1.54, 1.807) is 0 Å². The summed E-state index contributed by atoms with van der Waals surface area (Å²) in [4.78, 5) is 21.5. The molecule has 0 saturated heterocycles. The fourth-order valence-corrected chi connectivity index (χ4v) is 4.89. The number of anilines is 1. The molecule has 1 N–H and O–H groups in total. The van der Waals surface area contributed by atoms with Gasteiger partial charge in [0.05, 0.1) is 11.5 Å². The van der Waals surface area contributed by atoms with E-state index in [2.05, 4.69) is 25.5 Å². The lowest BCUT2D eigenvalue weighted by Gasteiger charge is -2.10. The van der Waals surface area contributed by atoms with Gasteiger partial charge in [0, 0.05) is 22.8 Å². The molecule has 0 bridgehead atoms. The highest BCUT2D eigenvalue weighted by molar-refractivity contribution is 7.99. The topological polar surface area (TPSA) is 85.6 Å². The molecule has 9 heteroatoms. The summed E-state index contributed by atoms with van der Waals surface area (Å²) < 4.78 is 1.99. The van der Waals surface area contributed by atoms with Crippen molar-refractivity contribution in [3.05, 3.63) is 83.4 Å². The summed E-state index contributed by atoms with van der Waals surface area (Å²) in [6.07, 6.45) is 0. The number of hydrogen-bond donors (Lipinski definition) is 1. The lowest BCUT2D eigenvalue weighted by Crippen LogP contribution is -2.14. The molecule has 0 saturated carbocycles. The van der Waals surface area contributed by atoms with Crippen molar-refractivity contribution < 1.29 is 4.79 Å². The lowest BCUT2D eigenvalue weighted by atomic mass is 10.2. The van der Waals surface area contributed by atoms with Crippen molar-refractivity contribution in [3.8, 4) is 5.69 Å². The van der Waals surface area contributed by atoms with Crippen LogP contribution in [-0.2, 0) is 10.5 Å². The van der Waals surface area contributed by atoms with Crippen LogP contribution >= 0.6 is 23.5 Å². The maximum atomic E-state index is 12.5. The largest absolute Gasteiger partial charge is 0.325 e. The molecule has 1 amide bonds. The van der Waals surface area contributed by atoms with Gasteiger partial charge in [0.25, 0.3) is 0 Å². The molecule has 0 aliphatic heterocycles. The average molecular weight is 477 g/mol. The minimum absolute atomic E-state index is 0.0900. The Balaban J connectivity index is 1.50. The molecule has 4 rings (SSSR count). The number of para-hydroxylation sites is 1. The second kappa shape index (κ2) is 10.6. The minimum Gasteiger partial charge on any atom is -0.325 e. The molecule has 33 heavy (non-hydrogen) atoms. The van der Waals surface area contributed by atoms with E-state index >= 15 is 0 Å². The third-order valence-electron chi connectivity index (χ3n) is 4.64. The van der Waals surface area contributed by atoms with Gasteiger partial charge in [-0.1, -0.05) is 53.9 Å². The first kappa shape index (κ1) is 23.0. The van der Waals surface area contributed by atoms with Gasteiger partial charge in [0.2, 0.25) is 5.91 Å². The number of benzene rings is 2. The number of aryl methyl sites for hydroxylation is 3. The summed E-state index contributed by atoms with van der Waals surface area (Å²) in [5, 5.41) is 13.1. The molecule has 168 valence electrons. The van der Waals surface area contributed by atoms with Crippen LogP contribution in [0.4, 0.5) is 5.69 Å². The quantitative estimate of drug-likeness (QED) is 0.283. The Morgan fingerprint density at radius 1 is 0.909 bits per heavy atom. The Bertz CT molecular complexity index is 1240. The van der Waals surface area contributed by atoms with Crippen LogP contribution in [0.15, 0.2) is 71.0 Å². The van der Waals surface area contributed by atoms with E-state index < -0.39 is 0 Å². The SMILES string of the molecule is Cc1cccc(NC(=O)CSc2nnc(CSc3nc(C)cc(C)n3)n2-c2ccccc2)c1. The van der Waals surface area contributed by atoms with E-state index in [4.69, 9.17) is 0 Å². The fraction of sp³-hybridized carbons (Fsp3) is 0.208. The Kier molecular flexibility index (Phi) is 7.41. The normalized spacial score (nSPS) is 10.9. The molecule has 0 fully saturated rings. The number of carbonyl (C=O) groups is 1. The van der Waals surface area contributed by atoms with Crippen LogP contribution in [0.25, 0.3) is 5.69 Å². The summed E-state index contributed by atoms with van der Waals surface area (Å²) in [6.45, 7) is 5.92. The monoisotopic (exact) mass is 476 g/mol. The number of nitrogens with zero attached hydrogens (tertiary/aromatic N) is 5. The maximum Gasteiger partial charge on any atom is 0.234 e. The first-order valence-corrected chi connectivity index (χ1v) is 12.4. The fourth-order valence-electron chi connectivity index (χ4n) is 3.26. The third-order valence-corrected chi connectivity index (χ3v) is 6.41. The highest BCUT2D eigenvalue weighted by atomic mass is 32.2. The smallest absolute Gasteiger partial charge is 0.234 e. The Morgan fingerprint density at radius 2 is 1.67 bits per heavy atom. The number of carbonyl (C=O) groups excluding carboxylic acids is 1. The molecule has 0 aliphatic carbocycles. The van der Waals surface area contributed by atoms with Crippen molar-refractivity contribution in [1.82, 2.24) is 24.7 Å². The van der Waals surface area contributed by atoms with Crippen molar-refractivity contribution in [1.29, 1.82) is 0 Å². The van der Waals surface area contributed by atoms with Gasteiger partial charge in [-0.05, 0) is 56.7 Å². The van der Waals surface area contributed by atoms with Gasteiger partial charge in [-0.15, -0.1) is 10.2 Å². The maximum absolute atomic E-state index is 12.5. The van der Waals surface area contributed by atoms with E-state index in [0.29, 0.717) is 16.1 Å². The zero-order valence-corrected chi connectivity index (χ0v) is 20.3. The number of hydrogen-bond acceptors (Lipinski definition) is 7. The predicted octanol–water partition coefficient (Wildman–Crippen LogP) is 5.01. The van der Waals surface area contributed by atoms with Gasteiger partial charge >= 0.3 is 0 Å². The summed E-state index contributed by atoms with van der Waals surface area (Å²) in [7, 11) is 0. The minimum atomic E-state index is -0.0900. The molecule has 7 nitrogen and oxygen atoms in total. The van der Waals surface area contributed by atoms with Gasteiger partial charge in [-0.25, -0.2) is 9.97 Å². The number of rotatable bonds is 8. The van der Waals surface area contributed by atoms with Crippen molar-refractivity contribution in [2.75, 3.05) is 11.1 Å². The van der Waals surface area contributed by atoms with E-state index in [1.807, 2.05) is 86.0 Å². The second-order valence-electron chi connectivity index (χ2n) is 7.50. The van der Waals surface area contributed by atoms with E-state index in [9.17, 15) is 4.79 Å². The zero-order valence-electron chi connectivity index (χ0n) is 18.6. The van der Waals surface area contributed by atoms with Gasteiger partial charge in [-0.3, -0.25) is 9.36 Å². The summed E-state index contributed by atoms with van der Waals surface area (Å²) in [6, 6.07) is 19.6. The van der Waals surface area contributed by atoms with E-state index in [0.717, 1.165) is 34.2 Å².